The summed E-state index contributed by atoms with van der Waals surface area (Å²) in [6.45, 7) is 6.97. The number of likely N-dealkylation sites (N-methyl/N-ethyl adjacent to an activating group) is 1. The largest absolute Gasteiger partial charge is 0.497 e. The third-order valence-corrected chi connectivity index (χ3v) is 4.39. The van der Waals surface area contributed by atoms with E-state index in [-0.39, 0.29) is 24.9 Å². The predicted octanol–water partition coefficient (Wildman–Crippen LogP) is 3.72. The van der Waals surface area contributed by atoms with Gasteiger partial charge in [0.15, 0.2) is 0 Å². The van der Waals surface area contributed by atoms with Crippen LogP contribution in [0.25, 0.3) is 0 Å². The Morgan fingerprint density at radius 3 is 2.32 bits per heavy atom. The summed E-state index contributed by atoms with van der Waals surface area (Å²) in [7, 11) is 1.58. The molecule has 2 N–H and O–H groups in total. The van der Waals surface area contributed by atoms with Gasteiger partial charge in [-0.1, -0.05) is 45.0 Å². The Hall–Kier alpha value is -2.86. The molecular formula is C22H29N3O3. The number of hydrogen-bond donors (Lipinski definition) is 2. The quantitative estimate of drug-likeness (QED) is 0.692. The standard InChI is InChI=1S/C22H29N3O3/c1-5-25(14-21(26)23-17-9-8-10-18(13-17)28-4)15-22(27)24-20-12-7-6-11-19(20)16(2)3/h6-13,16H,5,14-15H2,1-4H3,(H,23,26)(H,24,27). The molecule has 0 aliphatic heterocycles. The van der Waals surface area contributed by atoms with Gasteiger partial charge in [0.1, 0.15) is 5.75 Å². The van der Waals surface area contributed by atoms with Gasteiger partial charge in [0.25, 0.3) is 0 Å². The summed E-state index contributed by atoms with van der Waals surface area (Å²) in [6.07, 6.45) is 0. The molecule has 0 fully saturated rings. The zero-order valence-electron chi connectivity index (χ0n) is 17.0. The normalized spacial score (nSPS) is 10.8. The van der Waals surface area contributed by atoms with Gasteiger partial charge >= 0.3 is 0 Å². The fourth-order valence-corrected chi connectivity index (χ4v) is 2.89. The summed E-state index contributed by atoms with van der Waals surface area (Å²) in [6, 6.07) is 15.0. The number of amides is 2. The van der Waals surface area contributed by atoms with Crippen molar-refractivity contribution in [2.75, 3.05) is 37.4 Å². The van der Waals surface area contributed by atoms with Crippen LogP contribution in [0.1, 0.15) is 32.3 Å². The summed E-state index contributed by atoms with van der Waals surface area (Å²) in [5, 5.41) is 5.80. The van der Waals surface area contributed by atoms with Crippen LogP contribution in [0, 0.1) is 0 Å². The average Bonchev–Trinajstić information content (AvgIpc) is 2.67. The van der Waals surface area contributed by atoms with Gasteiger partial charge in [0, 0.05) is 17.4 Å². The minimum absolute atomic E-state index is 0.132. The molecule has 0 bridgehead atoms. The number of nitrogens with one attached hydrogen (secondary N) is 2. The highest BCUT2D eigenvalue weighted by Gasteiger charge is 2.15. The average molecular weight is 383 g/mol. The third-order valence-electron chi connectivity index (χ3n) is 4.39. The second kappa shape index (κ2) is 10.5. The molecule has 6 nitrogen and oxygen atoms in total. The highest BCUT2D eigenvalue weighted by atomic mass is 16.5. The highest BCUT2D eigenvalue weighted by Crippen LogP contribution is 2.23. The Morgan fingerprint density at radius 2 is 1.68 bits per heavy atom. The molecule has 0 saturated carbocycles. The Morgan fingerprint density at radius 1 is 1.00 bits per heavy atom. The van der Waals surface area contributed by atoms with Crippen molar-refractivity contribution in [3.63, 3.8) is 0 Å². The number of methoxy groups -OCH3 is 1. The van der Waals surface area contributed by atoms with Crippen LogP contribution in [0.15, 0.2) is 48.5 Å². The van der Waals surface area contributed by atoms with Crippen LogP contribution >= 0.6 is 0 Å². The number of carbonyl (C=O) groups excluding carboxylic acids is 2. The van der Waals surface area contributed by atoms with Gasteiger partial charge in [-0.25, -0.2) is 0 Å². The SMILES string of the molecule is CCN(CC(=O)Nc1cccc(OC)c1)CC(=O)Nc1ccccc1C(C)C. The first-order valence-electron chi connectivity index (χ1n) is 9.48. The first-order chi connectivity index (χ1) is 13.4. The molecule has 6 heteroatoms. The van der Waals surface area contributed by atoms with E-state index in [1.807, 2.05) is 43.3 Å². The van der Waals surface area contributed by atoms with E-state index < -0.39 is 0 Å². The Bertz CT molecular complexity index is 805. The van der Waals surface area contributed by atoms with Gasteiger partial charge in [0.2, 0.25) is 11.8 Å². The van der Waals surface area contributed by atoms with Crippen LogP contribution in [0.3, 0.4) is 0 Å². The van der Waals surface area contributed by atoms with E-state index in [4.69, 9.17) is 4.74 Å². The number of para-hydroxylation sites is 1. The van der Waals surface area contributed by atoms with Gasteiger partial charge < -0.3 is 15.4 Å². The molecule has 0 unspecified atom stereocenters. The zero-order chi connectivity index (χ0) is 20.5. The number of hydrogen-bond acceptors (Lipinski definition) is 4. The highest BCUT2D eigenvalue weighted by molar-refractivity contribution is 5.95. The lowest BCUT2D eigenvalue weighted by atomic mass is 10.0. The van der Waals surface area contributed by atoms with Crippen molar-refractivity contribution in [3.05, 3.63) is 54.1 Å². The number of anilines is 2. The second-order valence-corrected chi connectivity index (χ2v) is 6.87. The van der Waals surface area contributed by atoms with Crippen molar-refractivity contribution in [3.8, 4) is 5.75 Å². The van der Waals surface area contributed by atoms with E-state index in [0.29, 0.717) is 23.9 Å². The lowest BCUT2D eigenvalue weighted by Gasteiger charge is -2.20. The third kappa shape index (κ3) is 6.39. The Kier molecular flexibility index (Phi) is 8.02. The minimum atomic E-state index is -0.175. The minimum Gasteiger partial charge on any atom is -0.497 e. The summed E-state index contributed by atoms with van der Waals surface area (Å²) in [4.78, 5) is 26.6. The van der Waals surface area contributed by atoms with Crippen molar-refractivity contribution < 1.29 is 14.3 Å². The van der Waals surface area contributed by atoms with Gasteiger partial charge in [-0.05, 0) is 36.2 Å². The summed E-state index contributed by atoms with van der Waals surface area (Å²) < 4.78 is 5.16. The fourth-order valence-electron chi connectivity index (χ4n) is 2.89. The first kappa shape index (κ1) is 21.4. The van der Waals surface area contributed by atoms with Crippen LogP contribution < -0.4 is 15.4 Å². The lowest BCUT2D eigenvalue weighted by Crippen LogP contribution is -2.38. The van der Waals surface area contributed by atoms with Crippen LogP contribution in [-0.2, 0) is 9.59 Å². The molecule has 0 aliphatic rings. The monoisotopic (exact) mass is 383 g/mol. The van der Waals surface area contributed by atoms with Crippen LogP contribution in [0.2, 0.25) is 0 Å². The van der Waals surface area contributed by atoms with Crippen LogP contribution in [-0.4, -0.2) is 43.5 Å². The van der Waals surface area contributed by atoms with E-state index >= 15 is 0 Å². The van der Waals surface area contributed by atoms with Gasteiger partial charge in [-0.15, -0.1) is 0 Å². The number of ether oxygens (including phenoxy) is 1. The summed E-state index contributed by atoms with van der Waals surface area (Å²) >= 11 is 0. The maximum atomic E-state index is 12.5. The van der Waals surface area contributed by atoms with Crippen molar-refractivity contribution in [1.29, 1.82) is 0 Å². The molecule has 0 aliphatic carbocycles. The number of carbonyl (C=O) groups is 2. The van der Waals surface area contributed by atoms with E-state index in [1.54, 1.807) is 24.1 Å². The molecular weight excluding hydrogens is 354 g/mol. The van der Waals surface area contributed by atoms with Crippen molar-refractivity contribution in [2.24, 2.45) is 0 Å². The molecule has 2 amide bonds. The van der Waals surface area contributed by atoms with E-state index in [1.165, 1.54) is 0 Å². The zero-order valence-corrected chi connectivity index (χ0v) is 17.0. The summed E-state index contributed by atoms with van der Waals surface area (Å²) in [5.41, 5.74) is 2.57. The number of rotatable bonds is 9. The molecule has 2 aromatic rings. The molecule has 2 aromatic carbocycles. The first-order valence-corrected chi connectivity index (χ1v) is 9.48. The molecule has 0 radical (unpaired) electrons. The Labute approximate surface area is 166 Å². The molecule has 150 valence electrons. The smallest absolute Gasteiger partial charge is 0.238 e. The predicted molar refractivity (Wildman–Crippen MR) is 113 cm³/mol. The molecule has 0 spiro atoms. The van der Waals surface area contributed by atoms with Crippen molar-refractivity contribution >= 4 is 23.2 Å². The summed E-state index contributed by atoms with van der Waals surface area (Å²) in [5.74, 6) is 0.676. The van der Waals surface area contributed by atoms with E-state index in [0.717, 1.165) is 11.3 Å². The maximum absolute atomic E-state index is 12.5. The van der Waals surface area contributed by atoms with Crippen LogP contribution in [0.5, 0.6) is 5.75 Å². The lowest BCUT2D eigenvalue weighted by molar-refractivity contribution is -0.119. The topological polar surface area (TPSA) is 70.7 Å². The molecule has 0 heterocycles. The number of benzene rings is 2. The van der Waals surface area contributed by atoms with Gasteiger partial charge in [-0.3, -0.25) is 14.5 Å². The molecule has 2 rings (SSSR count). The second-order valence-electron chi connectivity index (χ2n) is 6.87. The van der Waals surface area contributed by atoms with Gasteiger partial charge in [-0.2, -0.15) is 0 Å². The molecule has 28 heavy (non-hydrogen) atoms. The van der Waals surface area contributed by atoms with Crippen LogP contribution in [0.4, 0.5) is 11.4 Å². The maximum Gasteiger partial charge on any atom is 0.238 e. The molecule has 0 atom stereocenters. The van der Waals surface area contributed by atoms with Gasteiger partial charge in [0.05, 0.1) is 20.2 Å². The molecule has 0 saturated heterocycles. The van der Waals surface area contributed by atoms with E-state index in [2.05, 4.69) is 24.5 Å². The molecule has 0 aromatic heterocycles. The van der Waals surface area contributed by atoms with Crippen molar-refractivity contribution in [1.82, 2.24) is 4.90 Å². The Balaban J connectivity index is 1.92. The van der Waals surface area contributed by atoms with E-state index in [9.17, 15) is 9.59 Å². The number of nitrogens with zero attached hydrogens (tertiary/aromatic N) is 1. The van der Waals surface area contributed by atoms with Crippen molar-refractivity contribution in [2.45, 2.75) is 26.7 Å². The fraction of sp³-hybridized carbons (Fsp3) is 0.364.